The fourth-order valence-corrected chi connectivity index (χ4v) is 4.25. The number of nitrogens with zero attached hydrogens (tertiary/aromatic N) is 3. The fraction of sp³-hybridized carbons (Fsp3) is 0.238. The summed E-state index contributed by atoms with van der Waals surface area (Å²) in [5.74, 6) is -1.06. The van der Waals surface area contributed by atoms with Crippen molar-refractivity contribution in [1.29, 1.82) is 0 Å². The highest BCUT2D eigenvalue weighted by molar-refractivity contribution is 6.34. The van der Waals surface area contributed by atoms with Crippen molar-refractivity contribution in [2.24, 2.45) is 0 Å². The maximum Gasteiger partial charge on any atom is 0.332 e. The van der Waals surface area contributed by atoms with Crippen molar-refractivity contribution in [1.82, 2.24) is 4.90 Å². The first-order chi connectivity index (χ1) is 13.5. The SMILES string of the molecule is Cc1ccc(N2C(=O)c3ccccc3C2=O)cc1N1C(=O)C2CCCN2C1=O. The van der Waals surface area contributed by atoms with E-state index < -0.39 is 17.9 Å². The topological polar surface area (TPSA) is 78.0 Å². The third kappa shape index (κ3) is 2.10. The first-order valence-electron chi connectivity index (χ1n) is 9.22. The van der Waals surface area contributed by atoms with Gasteiger partial charge in [0, 0.05) is 6.54 Å². The molecule has 140 valence electrons. The molecule has 3 aliphatic rings. The Bertz CT molecular complexity index is 1020. The first kappa shape index (κ1) is 16.7. The third-order valence-corrected chi connectivity index (χ3v) is 5.68. The lowest BCUT2D eigenvalue weighted by atomic mass is 10.1. The average Bonchev–Trinajstić information content (AvgIpc) is 3.34. The minimum Gasteiger partial charge on any atom is -0.312 e. The quantitative estimate of drug-likeness (QED) is 0.597. The molecule has 2 aromatic carbocycles. The van der Waals surface area contributed by atoms with Crippen molar-refractivity contribution in [2.45, 2.75) is 25.8 Å². The van der Waals surface area contributed by atoms with Crippen LogP contribution >= 0.6 is 0 Å². The highest BCUT2D eigenvalue weighted by Gasteiger charge is 2.48. The van der Waals surface area contributed by atoms with Crippen LogP contribution in [0, 0.1) is 6.92 Å². The molecule has 7 nitrogen and oxygen atoms in total. The van der Waals surface area contributed by atoms with E-state index in [1.165, 1.54) is 4.90 Å². The minimum atomic E-state index is -0.408. The summed E-state index contributed by atoms with van der Waals surface area (Å²) < 4.78 is 0. The van der Waals surface area contributed by atoms with E-state index in [0.717, 1.165) is 16.9 Å². The van der Waals surface area contributed by atoms with Crippen LogP contribution < -0.4 is 9.80 Å². The summed E-state index contributed by atoms with van der Waals surface area (Å²) in [4.78, 5) is 55.0. The second-order valence-corrected chi connectivity index (χ2v) is 7.27. The van der Waals surface area contributed by atoms with Crippen LogP contribution in [-0.2, 0) is 4.79 Å². The standard InChI is InChI=1S/C21H17N3O4/c1-12-8-9-13(23-18(25)14-5-2-3-6-15(14)19(23)26)11-17(12)24-20(27)16-7-4-10-22(16)21(24)28/h2-3,5-6,8-9,11,16H,4,7,10H2,1H3. The van der Waals surface area contributed by atoms with Gasteiger partial charge in [0.1, 0.15) is 6.04 Å². The lowest BCUT2D eigenvalue weighted by Crippen LogP contribution is -2.34. The zero-order valence-electron chi connectivity index (χ0n) is 15.2. The zero-order valence-corrected chi connectivity index (χ0v) is 15.2. The molecule has 2 saturated heterocycles. The molecule has 0 spiro atoms. The van der Waals surface area contributed by atoms with Crippen LogP contribution in [0.1, 0.15) is 39.1 Å². The summed E-state index contributed by atoms with van der Waals surface area (Å²) >= 11 is 0. The largest absolute Gasteiger partial charge is 0.332 e. The molecule has 0 aromatic heterocycles. The summed E-state index contributed by atoms with van der Waals surface area (Å²) in [5.41, 5.74) is 2.19. The minimum absolute atomic E-state index is 0.245. The molecule has 1 atom stereocenters. The van der Waals surface area contributed by atoms with Crippen molar-refractivity contribution in [3.8, 4) is 0 Å². The fourth-order valence-electron chi connectivity index (χ4n) is 4.25. The number of amides is 5. The number of anilines is 2. The molecule has 0 N–H and O–H groups in total. The van der Waals surface area contributed by atoms with Gasteiger partial charge in [-0.1, -0.05) is 18.2 Å². The van der Waals surface area contributed by atoms with Crippen molar-refractivity contribution < 1.29 is 19.2 Å². The molecule has 0 aliphatic carbocycles. The van der Waals surface area contributed by atoms with Gasteiger partial charge in [0.25, 0.3) is 17.7 Å². The van der Waals surface area contributed by atoms with Crippen molar-refractivity contribution in [3.05, 3.63) is 59.2 Å². The highest BCUT2D eigenvalue weighted by Crippen LogP contribution is 2.36. The Balaban J connectivity index is 1.57. The van der Waals surface area contributed by atoms with Gasteiger partial charge in [0.15, 0.2) is 0 Å². The predicted molar refractivity (Wildman–Crippen MR) is 101 cm³/mol. The van der Waals surface area contributed by atoms with Crippen LogP contribution in [0.4, 0.5) is 16.2 Å². The molecular formula is C21H17N3O4. The summed E-state index contributed by atoms with van der Waals surface area (Å²) in [7, 11) is 0. The van der Waals surface area contributed by atoms with Gasteiger partial charge in [-0.3, -0.25) is 14.4 Å². The second kappa shape index (κ2) is 5.76. The van der Waals surface area contributed by atoms with Crippen LogP contribution in [-0.4, -0.2) is 41.2 Å². The van der Waals surface area contributed by atoms with E-state index in [9.17, 15) is 19.2 Å². The van der Waals surface area contributed by atoms with E-state index in [0.29, 0.717) is 35.5 Å². The normalized spacial score (nSPS) is 21.0. The van der Waals surface area contributed by atoms with Gasteiger partial charge in [-0.15, -0.1) is 0 Å². The number of rotatable bonds is 2. The Labute approximate surface area is 161 Å². The Morgan fingerprint density at radius 1 is 0.893 bits per heavy atom. The predicted octanol–water partition coefficient (Wildman–Crippen LogP) is 2.73. The van der Waals surface area contributed by atoms with Gasteiger partial charge in [0.2, 0.25) is 0 Å². The molecule has 2 fully saturated rings. The molecule has 3 heterocycles. The van der Waals surface area contributed by atoms with Crippen LogP contribution in [0.5, 0.6) is 0 Å². The summed E-state index contributed by atoms with van der Waals surface area (Å²) in [6.07, 6.45) is 1.49. The zero-order chi connectivity index (χ0) is 19.6. The molecule has 1 unspecified atom stereocenters. The molecule has 0 radical (unpaired) electrons. The number of hydrogen-bond acceptors (Lipinski definition) is 4. The van der Waals surface area contributed by atoms with E-state index in [1.807, 2.05) is 0 Å². The number of urea groups is 1. The van der Waals surface area contributed by atoms with Crippen LogP contribution in [0.3, 0.4) is 0 Å². The van der Waals surface area contributed by atoms with Crippen molar-refractivity contribution in [3.63, 3.8) is 0 Å². The molecule has 5 amide bonds. The van der Waals surface area contributed by atoms with Crippen LogP contribution in [0.25, 0.3) is 0 Å². The first-order valence-corrected chi connectivity index (χ1v) is 9.22. The molecule has 0 saturated carbocycles. The number of benzene rings is 2. The molecule has 7 heteroatoms. The van der Waals surface area contributed by atoms with Gasteiger partial charge in [0.05, 0.1) is 22.5 Å². The molecule has 0 bridgehead atoms. The summed E-state index contributed by atoms with van der Waals surface area (Å²) in [6.45, 7) is 2.37. The van der Waals surface area contributed by atoms with Gasteiger partial charge >= 0.3 is 6.03 Å². The molecule has 5 rings (SSSR count). The van der Waals surface area contributed by atoms with Crippen LogP contribution in [0.15, 0.2) is 42.5 Å². The number of aryl methyl sites for hydroxylation is 1. The number of carbonyl (C=O) groups is 4. The number of imide groups is 2. The second-order valence-electron chi connectivity index (χ2n) is 7.27. The molecule has 28 heavy (non-hydrogen) atoms. The molecule has 3 aliphatic heterocycles. The Morgan fingerprint density at radius 3 is 2.21 bits per heavy atom. The monoisotopic (exact) mass is 375 g/mol. The van der Waals surface area contributed by atoms with E-state index in [2.05, 4.69) is 0 Å². The van der Waals surface area contributed by atoms with Gasteiger partial charge in [-0.05, 0) is 49.6 Å². The van der Waals surface area contributed by atoms with Crippen molar-refractivity contribution >= 4 is 35.1 Å². The van der Waals surface area contributed by atoms with Crippen LogP contribution in [0.2, 0.25) is 0 Å². The molecule has 2 aromatic rings. The summed E-state index contributed by atoms with van der Waals surface area (Å²) in [5, 5.41) is 0. The van der Waals surface area contributed by atoms with E-state index in [4.69, 9.17) is 0 Å². The number of hydrogen-bond donors (Lipinski definition) is 0. The van der Waals surface area contributed by atoms with E-state index >= 15 is 0 Å². The van der Waals surface area contributed by atoms with Gasteiger partial charge in [-0.25, -0.2) is 14.6 Å². The Kier molecular flexibility index (Phi) is 3.43. The maximum absolute atomic E-state index is 12.8. The molecular weight excluding hydrogens is 358 g/mol. The Hall–Kier alpha value is -3.48. The number of fused-ring (bicyclic) bond motifs is 2. The van der Waals surface area contributed by atoms with Crippen molar-refractivity contribution in [2.75, 3.05) is 16.3 Å². The number of carbonyl (C=O) groups excluding carboxylic acids is 4. The lowest BCUT2D eigenvalue weighted by Gasteiger charge is -2.21. The highest BCUT2D eigenvalue weighted by atomic mass is 16.2. The smallest absolute Gasteiger partial charge is 0.312 e. The maximum atomic E-state index is 12.8. The lowest BCUT2D eigenvalue weighted by molar-refractivity contribution is -0.119. The average molecular weight is 375 g/mol. The van der Waals surface area contributed by atoms with E-state index in [-0.39, 0.29) is 11.9 Å². The van der Waals surface area contributed by atoms with Gasteiger partial charge in [-0.2, -0.15) is 0 Å². The van der Waals surface area contributed by atoms with E-state index in [1.54, 1.807) is 54.3 Å². The third-order valence-electron chi connectivity index (χ3n) is 5.68. The Morgan fingerprint density at radius 2 is 1.57 bits per heavy atom. The van der Waals surface area contributed by atoms with Gasteiger partial charge < -0.3 is 4.90 Å². The summed E-state index contributed by atoms with van der Waals surface area (Å²) in [6, 6.07) is 10.9.